The number of hydrogen-bond acceptors (Lipinski definition) is 4. The number of carbonyl (C=O) groups is 2. The van der Waals surface area contributed by atoms with Crippen molar-refractivity contribution >= 4 is 21.8 Å². The molecule has 0 saturated heterocycles. The van der Waals surface area contributed by atoms with Crippen molar-refractivity contribution in [2.75, 3.05) is 12.0 Å². The van der Waals surface area contributed by atoms with E-state index >= 15 is 0 Å². The van der Waals surface area contributed by atoms with E-state index in [1.54, 1.807) is 6.92 Å². The van der Waals surface area contributed by atoms with E-state index in [2.05, 4.69) is 10.6 Å². The Bertz CT molecular complexity index is 379. The Kier molecular flexibility index (Phi) is 5.94. The zero-order valence-corrected chi connectivity index (χ0v) is 10.9. The van der Waals surface area contributed by atoms with Crippen LogP contribution in [-0.4, -0.2) is 49.6 Å². The van der Waals surface area contributed by atoms with Crippen LogP contribution in [0.2, 0.25) is 0 Å². The van der Waals surface area contributed by atoms with E-state index in [4.69, 9.17) is 5.11 Å². The van der Waals surface area contributed by atoms with E-state index in [1.165, 1.54) is 6.92 Å². The van der Waals surface area contributed by atoms with Gasteiger partial charge in [-0.25, -0.2) is 18.0 Å². The minimum atomic E-state index is -3.18. The van der Waals surface area contributed by atoms with Crippen molar-refractivity contribution in [3.63, 3.8) is 0 Å². The smallest absolute Gasteiger partial charge is 0.326 e. The molecular weight excluding hydrogens is 248 g/mol. The molecule has 0 aromatic carbocycles. The van der Waals surface area contributed by atoms with Gasteiger partial charge in [-0.3, -0.25) is 0 Å². The van der Waals surface area contributed by atoms with Crippen molar-refractivity contribution in [1.29, 1.82) is 0 Å². The first-order valence-corrected chi connectivity index (χ1v) is 7.19. The number of rotatable bonds is 6. The highest BCUT2D eigenvalue weighted by Gasteiger charge is 2.19. The van der Waals surface area contributed by atoms with E-state index in [9.17, 15) is 18.0 Å². The molecule has 8 heteroatoms. The van der Waals surface area contributed by atoms with Gasteiger partial charge in [0, 0.05) is 12.3 Å². The van der Waals surface area contributed by atoms with Gasteiger partial charge in [-0.2, -0.15) is 0 Å². The van der Waals surface area contributed by atoms with Crippen LogP contribution in [0.3, 0.4) is 0 Å². The summed E-state index contributed by atoms with van der Waals surface area (Å²) in [7, 11) is -3.18. The van der Waals surface area contributed by atoms with Crippen LogP contribution in [0.5, 0.6) is 0 Å². The highest BCUT2D eigenvalue weighted by atomic mass is 32.2. The number of carbonyl (C=O) groups excluding carboxylic acids is 1. The molecule has 0 aliphatic heterocycles. The lowest BCUT2D eigenvalue weighted by atomic mass is 10.2. The maximum atomic E-state index is 11.3. The highest BCUT2D eigenvalue weighted by Crippen LogP contribution is 1.93. The zero-order chi connectivity index (χ0) is 13.6. The first-order chi connectivity index (χ1) is 7.65. The van der Waals surface area contributed by atoms with E-state index in [1.807, 2.05) is 0 Å². The lowest BCUT2D eigenvalue weighted by Gasteiger charge is -2.16. The fourth-order valence-corrected chi connectivity index (χ4v) is 2.25. The van der Waals surface area contributed by atoms with Crippen LogP contribution in [0.15, 0.2) is 0 Å². The molecule has 1 unspecified atom stereocenters. The van der Waals surface area contributed by atoms with E-state index in [0.29, 0.717) is 0 Å². The molecule has 0 saturated carbocycles. The maximum absolute atomic E-state index is 11.3. The van der Waals surface area contributed by atoms with Crippen molar-refractivity contribution in [1.82, 2.24) is 10.6 Å². The van der Waals surface area contributed by atoms with Crippen LogP contribution in [0.4, 0.5) is 4.79 Å². The number of carboxylic acid groups (broad SMARTS) is 1. The SMILES string of the molecule is CC[C@@H](NC(=O)NC(C)CS(C)(=O)=O)C(=O)O. The molecule has 0 radical (unpaired) electrons. The first kappa shape index (κ1) is 15.7. The van der Waals surface area contributed by atoms with E-state index in [0.717, 1.165) is 6.26 Å². The standard InChI is InChI=1S/C9H18N2O5S/c1-4-7(8(12)13)11-9(14)10-6(2)5-17(3,15)16/h6-7H,4-5H2,1-3H3,(H,12,13)(H2,10,11,14)/t6?,7-/m1/s1. The second kappa shape index (κ2) is 6.43. The largest absolute Gasteiger partial charge is 0.480 e. The summed E-state index contributed by atoms with van der Waals surface area (Å²) in [4.78, 5) is 22.0. The summed E-state index contributed by atoms with van der Waals surface area (Å²) in [6.45, 7) is 3.15. The second-order valence-corrected chi connectivity index (χ2v) is 6.10. The Morgan fingerprint density at radius 1 is 1.29 bits per heavy atom. The summed E-state index contributed by atoms with van der Waals surface area (Å²) < 4.78 is 21.9. The molecule has 7 nitrogen and oxygen atoms in total. The molecule has 0 aromatic rings. The van der Waals surface area contributed by atoms with Gasteiger partial charge in [0.2, 0.25) is 0 Å². The average molecular weight is 266 g/mol. The predicted octanol–water partition coefficient (Wildman–Crippen LogP) is -0.418. The minimum absolute atomic E-state index is 0.190. The monoisotopic (exact) mass is 266 g/mol. The van der Waals surface area contributed by atoms with Crippen LogP contribution in [0.1, 0.15) is 20.3 Å². The molecule has 0 aliphatic rings. The van der Waals surface area contributed by atoms with Crippen molar-refractivity contribution < 1.29 is 23.1 Å². The topological polar surface area (TPSA) is 113 Å². The Labute approximate surface area is 101 Å². The Morgan fingerprint density at radius 2 is 1.82 bits per heavy atom. The summed E-state index contributed by atoms with van der Waals surface area (Å²) in [5.41, 5.74) is 0. The fraction of sp³-hybridized carbons (Fsp3) is 0.778. The van der Waals surface area contributed by atoms with Crippen LogP contribution < -0.4 is 10.6 Å². The van der Waals surface area contributed by atoms with Gasteiger partial charge in [0.05, 0.1) is 5.75 Å². The summed E-state index contributed by atoms with van der Waals surface area (Å²) in [5, 5.41) is 13.3. The van der Waals surface area contributed by atoms with Crippen LogP contribution in [0, 0.1) is 0 Å². The van der Waals surface area contributed by atoms with Gasteiger partial charge < -0.3 is 15.7 Å². The average Bonchev–Trinajstić information content (AvgIpc) is 2.09. The molecule has 0 heterocycles. The number of aliphatic carboxylic acids is 1. The van der Waals surface area contributed by atoms with E-state index in [-0.39, 0.29) is 12.2 Å². The Balaban J connectivity index is 4.22. The molecule has 2 atom stereocenters. The van der Waals surface area contributed by atoms with Crippen molar-refractivity contribution in [3.05, 3.63) is 0 Å². The summed E-state index contributed by atoms with van der Waals surface area (Å²) in [6.07, 6.45) is 1.32. The van der Waals surface area contributed by atoms with Crippen LogP contribution >= 0.6 is 0 Å². The summed E-state index contributed by atoms with van der Waals surface area (Å²) >= 11 is 0. The number of nitrogens with one attached hydrogen (secondary N) is 2. The zero-order valence-electron chi connectivity index (χ0n) is 10.1. The van der Waals surface area contributed by atoms with Gasteiger partial charge in [0.25, 0.3) is 0 Å². The molecule has 0 aliphatic carbocycles. The van der Waals surface area contributed by atoms with Crippen LogP contribution in [-0.2, 0) is 14.6 Å². The van der Waals surface area contributed by atoms with Crippen molar-refractivity contribution in [3.8, 4) is 0 Å². The third-order valence-corrected chi connectivity index (χ3v) is 3.05. The van der Waals surface area contributed by atoms with Crippen molar-refractivity contribution in [2.24, 2.45) is 0 Å². The molecule has 100 valence electrons. The quantitative estimate of drug-likeness (QED) is 0.604. The first-order valence-electron chi connectivity index (χ1n) is 5.13. The molecule has 0 aromatic heterocycles. The Morgan fingerprint density at radius 3 is 2.18 bits per heavy atom. The predicted molar refractivity (Wildman–Crippen MR) is 62.6 cm³/mol. The van der Waals surface area contributed by atoms with Gasteiger partial charge in [0.15, 0.2) is 0 Å². The summed E-state index contributed by atoms with van der Waals surface area (Å²) in [5.74, 6) is -1.32. The van der Waals surface area contributed by atoms with Crippen molar-refractivity contribution in [2.45, 2.75) is 32.4 Å². The van der Waals surface area contributed by atoms with Gasteiger partial charge >= 0.3 is 12.0 Å². The molecule has 0 bridgehead atoms. The van der Waals surface area contributed by atoms with Crippen LogP contribution in [0.25, 0.3) is 0 Å². The normalized spacial score (nSPS) is 14.8. The molecule has 0 spiro atoms. The van der Waals surface area contributed by atoms with Gasteiger partial charge in [-0.15, -0.1) is 0 Å². The maximum Gasteiger partial charge on any atom is 0.326 e. The van der Waals surface area contributed by atoms with Gasteiger partial charge in [0.1, 0.15) is 15.9 Å². The van der Waals surface area contributed by atoms with Gasteiger partial charge in [-0.1, -0.05) is 6.92 Å². The molecule has 0 fully saturated rings. The molecule has 17 heavy (non-hydrogen) atoms. The number of amides is 2. The summed E-state index contributed by atoms with van der Waals surface area (Å²) in [6, 6.07) is -2.23. The molecule has 0 rings (SSSR count). The second-order valence-electron chi connectivity index (χ2n) is 3.91. The minimum Gasteiger partial charge on any atom is -0.480 e. The molecule has 3 N–H and O–H groups in total. The Hall–Kier alpha value is -1.31. The van der Waals surface area contributed by atoms with Gasteiger partial charge in [-0.05, 0) is 13.3 Å². The molecule has 2 amide bonds. The third kappa shape index (κ3) is 7.56. The number of urea groups is 1. The number of hydrogen-bond donors (Lipinski definition) is 3. The fourth-order valence-electron chi connectivity index (χ4n) is 1.26. The lowest BCUT2D eigenvalue weighted by molar-refractivity contribution is -0.139. The molecular formula is C9H18N2O5S. The van der Waals surface area contributed by atoms with E-state index < -0.39 is 33.9 Å². The number of sulfone groups is 1. The lowest BCUT2D eigenvalue weighted by Crippen LogP contribution is -2.49. The third-order valence-electron chi connectivity index (χ3n) is 1.94. The highest BCUT2D eigenvalue weighted by molar-refractivity contribution is 7.90. The number of carboxylic acids is 1.